The molecule has 6 heteroatoms. The van der Waals surface area contributed by atoms with E-state index in [-0.39, 0.29) is 6.10 Å². The van der Waals surface area contributed by atoms with E-state index < -0.39 is 0 Å². The van der Waals surface area contributed by atoms with E-state index in [4.69, 9.17) is 9.47 Å². The zero-order chi connectivity index (χ0) is 13.7. The van der Waals surface area contributed by atoms with Gasteiger partial charge >= 0.3 is 0 Å². The van der Waals surface area contributed by atoms with Crippen LogP contribution in [-0.2, 0) is 22.5 Å². The van der Waals surface area contributed by atoms with Gasteiger partial charge in [0, 0.05) is 26.7 Å². The van der Waals surface area contributed by atoms with E-state index >= 15 is 0 Å². The summed E-state index contributed by atoms with van der Waals surface area (Å²) in [5, 5.41) is 3.28. The van der Waals surface area contributed by atoms with Gasteiger partial charge in [-0.15, -0.1) is 0 Å². The molecule has 2 rings (SSSR count). The maximum Gasteiger partial charge on any atom is 0.143 e. The summed E-state index contributed by atoms with van der Waals surface area (Å²) in [6.07, 6.45) is 3.29. The smallest absolute Gasteiger partial charge is 0.143 e. The average Bonchev–Trinajstić information content (AvgIpc) is 2.88. The molecule has 0 aromatic carbocycles. The van der Waals surface area contributed by atoms with E-state index in [2.05, 4.69) is 44.8 Å². The minimum Gasteiger partial charge on any atom is -0.378 e. The van der Waals surface area contributed by atoms with Crippen molar-refractivity contribution < 1.29 is 9.47 Å². The highest BCUT2D eigenvalue weighted by Crippen LogP contribution is 2.22. The van der Waals surface area contributed by atoms with Crippen LogP contribution < -0.4 is 5.32 Å². The van der Waals surface area contributed by atoms with E-state index in [0.717, 1.165) is 53.3 Å². The monoisotopic (exact) mass is 377 g/mol. The molecule has 1 fully saturated rings. The Morgan fingerprint density at radius 1 is 1.47 bits per heavy atom. The highest BCUT2D eigenvalue weighted by molar-refractivity contribution is 14.1. The fourth-order valence-corrected chi connectivity index (χ4v) is 2.75. The molecule has 0 aliphatic carbocycles. The van der Waals surface area contributed by atoms with Crippen LogP contribution in [0.3, 0.4) is 0 Å². The molecule has 0 radical (unpaired) electrons. The van der Waals surface area contributed by atoms with Crippen molar-refractivity contribution in [2.24, 2.45) is 0 Å². The van der Waals surface area contributed by atoms with Crippen molar-refractivity contribution in [1.29, 1.82) is 0 Å². The number of nitrogens with zero attached hydrogens (tertiary/aromatic N) is 2. The Labute approximate surface area is 127 Å². The van der Waals surface area contributed by atoms with Crippen molar-refractivity contribution in [3.63, 3.8) is 0 Å². The van der Waals surface area contributed by atoms with Crippen LogP contribution in [0, 0.1) is 3.57 Å². The van der Waals surface area contributed by atoms with E-state index in [1.54, 1.807) is 7.11 Å². The fraction of sp³-hybridized carbons (Fsp3) is 0.692. The van der Waals surface area contributed by atoms with Gasteiger partial charge in [0.05, 0.1) is 22.0 Å². The van der Waals surface area contributed by atoms with Crippen LogP contribution in [-0.4, -0.2) is 36.3 Å². The molecule has 1 unspecified atom stereocenters. The minimum absolute atomic E-state index is 0.268. The van der Waals surface area contributed by atoms with Gasteiger partial charge in [-0.25, -0.2) is 9.97 Å². The predicted molar refractivity (Wildman–Crippen MR) is 82.3 cm³/mol. The first-order valence-corrected chi connectivity index (χ1v) is 7.72. The average molecular weight is 377 g/mol. The van der Waals surface area contributed by atoms with Gasteiger partial charge in [-0.05, 0) is 42.4 Å². The summed E-state index contributed by atoms with van der Waals surface area (Å²) < 4.78 is 11.9. The van der Waals surface area contributed by atoms with Gasteiger partial charge in [0.2, 0.25) is 0 Å². The van der Waals surface area contributed by atoms with E-state index in [9.17, 15) is 0 Å². The van der Waals surface area contributed by atoms with Gasteiger partial charge in [-0.1, -0.05) is 0 Å². The number of nitrogens with one attached hydrogen (secondary N) is 1. The molecule has 1 aromatic rings. The fourth-order valence-electron chi connectivity index (χ4n) is 2.16. The first-order valence-electron chi connectivity index (χ1n) is 6.64. The first kappa shape index (κ1) is 14.9. The Morgan fingerprint density at radius 2 is 2.32 bits per heavy atom. The van der Waals surface area contributed by atoms with Gasteiger partial charge in [0.25, 0.3) is 0 Å². The second-order valence-corrected chi connectivity index (χ2v) is 5.63. The third kappa shape index (κ3) is 4.00. The molecule has 0 amide bonds. The Bertz CT molecular complexity index is 395. The third-order valence-electron chi connectivity index (χ3n) is 3.03. The van der Waals surface area contributed by atoms with E-state index in [0.29, 0.717) is 6.61 Å². The summed E-state index contributed by atoms with van der Waals surface area (Å²) in [5.74, 6) is 1.74. The summed E-state index contributed by atoms with van der Waals surface area (Å²) >= 11 is 2.27. The molecule has 1 atom stereocenters. The Balaban J connectivity index is 2.20. The SMILES string of the molecule is CCNc1nc(CC2CCCO2)nc(COC)c1I. The lowest BCUT2D eigenvalue weighted by Crippen LogP contribution is -2.15. The number of rotatable bonds is 6. The number of aromatic nitrogens is 2. The lowest BCUT2D eigenvalue weighted by Gasteiger charge is -2.14. The van der Waals surface area contributed by atoms with Gasteiger partial charge in [-0.2, -0.15) is 0 Å². The van der Waals surface area contributed by atoms with Crippen molar-refractivity contribution in [2.75, 3.05) is 25.6 Å². The largest absolute Gasteiger partial charge is 0.378 e. The number of hydrogen-bond acceptors (Lipinski definition) is 5. The molecule has 1 aliphatic rings. The second-order valence-electron chi connectivity index (χ2n) is 4.55. The lowest BCUT2D eigenvalue weighted by molar-refractivity contribution is 0.109. The minimum atomic E-state index is 0.268. The zero-order valence-corrected chi connectivity index (χ0v) is 13.6. The molecular weight excluding hydrogens is 357 g/mol. The summed E-state index contributed by atoms with van der Waals surface area (Å²) in [6, 6.07) is 0. The van der Waals surface area contributed by atoms with E-state index in [1.807, 2.05) is 0 Å². The van der Waals surface area contributed by atoms with Crippen LogP contribution >= 0.6 is 22.6 Å². The number of ether oxygens (including phenoxy) is 2. The summed E-state index contributed by atoms with van der Waals surface area (Å²) in [5.41, 5.74) is 0.946. The maximum absolute atomic E-state index is 5.65. The topological polar surface area (TPSA) is 56.3 Å². The van der Waals surface area contributed by atoms with Crippen molar-refractivity contribution in [3.05, 3.63) is 15.1 Å². The molecule has 0 bridgehead atoms. The molecule has 1 aliphatic heterocycles. The third-order valence-corrected chi connectivity index (χ3v) is 4.16. The second kappa shape index (κ2) is 7.35. The summed E-state index contributed by atoms with van der Waals surface area (Å²) in [7, 11) is 1.69. The predicted octanol–water partition coefficient (Wildman–Crippen LogP) is 2.38. The van der Waals surface area contributed by atoms with Crippen molar-refractivity contribution in [1.82, 2.24) is 9.97 Å². The lowest BCUT2D eigenvalue weighted by atomic mass is 10.2. The van der Waals surface area contributed by atoms with Gasteiger partial charge in [0.1, 0.15) is 11.6 Å². The van der Waals surface area contributed by atoms with Crippen LogP contribution in [0.5, 0.6) is 0 Å². The quantitative estimate of drug-likeness (QED) is 0.772. The molecule has 1 N–H and O–H groups in total. The normalized spacial score (nSPS) is 18.8. The zero-order valence-electron chi connectivity index (χ0n) is 11.4. The first-order chi connectivity index (χ1) is 9.24. The van der Waals surface area contributed by atoms with Crippen LogP contribution in [0.4, 0.5) is 5.82 Å². The number of methoxy groups -OCH3 is 1. The Morgan fingerprint density at radius 3 is 2.95 bits per heavy atom. The number of anilines is 1. The van der Waals surface area contributed by atoms with Crippen molar-refractivity contribution in [3.8, 4) is 0 Å². The molecule has 0 spiro atoms. The highest BCUT2D eigenvalue weighted by Gasteiger charge is 2.19. The van der Waals surface area contributed by atoms with Crippen molar-refractivity contribution >= 4 is 28.4 Å². The molecule has 1 aromatic heterocycles. The molecule has 2 heterocycles. The van der Waals surface area contributed by atoms with Crippen molar-refractivity contribution in [2.45, 2.75) is 38.9 Å². The van der Waals surface area contributed by atoms with Crippen LogP contribution in [0.15, 0.2) is 0 Å². The standard InChI is InChI=1S/C13H20IN3O2/c1-3-15-13-12(14)10(8-18-2)16-11(17-13)7-9-5-4-6-19-9/h9H,3-8H2,1-2H3,(H,15,16,17). The highest BCUT2D eigenvalue weighted by atomic mass is 127. The van der Waals surface area contributed by atoms with Gasteiger partial charge < -0.3 is 14.8 Å². The van der Waals surface area contributed by atoms with Crippen LogP contribution in [0.2, 0.25) is 0 Å². The van der Waals surface area contributed by atoms with Crippen LogP contribution in [0.25, 0.3) is 0 Å². The number of hydrogen-bond donors (Lipinski definition) is 1. The summed E-state index contributed by atoms with van der Waals surface area (Å²) in [6.45, 7) is 4.28. The molecular formula is C13H20IN3O2. The number of halogens is 1. The Kier molecular flexibility index (Phi) is 5.77. The maximum atomic E-state index is 5.65. The molecule has 5 nitrogen and oxygen atoms in total. The van der Waals surface area contributed by atoms with E-state index in [1.165, 1.54) is 0 Å². The Hall–Kier alpha value is -0.470. The van der Waals surface area contributed by atoms with Gasteiger partial charge in [-0.3, -0.25) is 0 Å². The molecule has 1 saturated heterocycles. The molecule has 19 heavy (non-hydrogen) atoms. The van der Waals surface area contributed by atoms with Gasteiger partial charge in [0.15, 0.2) is 0 Å². The van der Waals surface area contributed by atoms with Crippen LogP contribution in [0.1, 0.15) is 31.3 Å². The molecule has 106 valence electrons. The summed E-state index contributed by atoms with van der Waals surface area (Å²) in [4.78, 5) is 9.21. The molecule has 0 saturated carbocycles.